The fourth-order valence-electron chi connectivity index (χ4n) is 1.48. The molecule has 84 valence electrons. The van der Waals surface area contributed by atoms with E-state index in [2.05, 4.69) is 22.2 Å². The molecule has 1 N–H and O–H groups in total. The fraction of sp³-hybridized carbons (Fsp3) is 0.333. The van der Waals surface area contributed by atoms with Gasteiger partial charge in [0.2, 0.25) is 0 Å². The molecule has 2 rings (SSSR count). The molecule has 2 heterocycles. The van der Waals surface area contributed by atoms with Gasteiger partial charge in [-0.25, -0.2) is 9.97 Å². The lowest BCUT2D eigenvalue weighted by Crippen LogP contribution is -2.05. The molecule has 0 saturated heterocycles. The minimum Gasteiger partial charge on any atom is -0.370 e. The van der Waals surface area contributed by atoms with E-state index in [4.69, 9.17) is 0 Å². The largest absolute Gasteiger partial charge is 0.370 e. The van der Waals surface area contributed by atoms with Gasteiger partial charge in [0.25, 0.3) is 0 Å². The van der Waals surface area contributed by atoms with Gasteiger partial charge in [-0.15, -0.1) is 11.3 Å². The van der Waals surface area contributed by atoms with Crippen molar-refractivity contribution in [2.75, 3.05) is 11.9 Å². The number of thiophene rings is 1. The molecule has 0 unspecified atom stereocenters. The van der Waals surface area contributed by atoms with Gasteiger partial charge in [-0.2, -0.15) is 0 Å². The molecule has 0 radical (unpaired) electrons. The van der Waals surface area contributed by atoms with Crippen molar-refractivity contribution in [3.63, 3.8) is 0 Å². The van der Waals surface area contributed by atoms with Gasteiger partial charge in [-0.3, -0.25) is 0 Å². The van der Waals surface area contributed by atoms with E-state index in [9.17, 15) is 0 Å². The molecule has 4 heteroatoms. The molecule has 0 saturated carbocycles. The van der Waals surface area contributed by atoms with Crippen LogP contribution in [-0.4, -0.2) is 16.5 Å². The van der Waals surface area contributed by atoms with Crippen LogP contribution in [0.15, 0.2) is 17.5 Å². The lowest BCUT2D eigenvalue weighted by molar-refractivity contribution is 1.05. The van der Waals surface area contributed by atoms with E-state index >= 15 is 0 Å². The van der Waals surface area contributed by atoms with Crippen LogP contribution in [0.25, 0.3) is 10.7 Å². The molecule has 0 aromatic carbocycles. The minimum absolute atomic E-state index is 0.814. The summed E-state index contributed by atoms with van der Waals surface area (Å²) in [5, 5.41) is 5.31. The number of nitrogens with zero attached hydrogens (tertiary/aromatic N) is 2. The molecule has 2 aromatic heterocycles. The standard InChI is InChI=1S/C12H15N3S/c1-4-13-11-8(2)9(3)14-12(15-11)10-6-5-7-16-10/h5-7H,4H2,1-3H3,(H,13,14,15). The van der Waals surface area contributed by atoms with E-state index in [1.807, 2.05) is 31.4 Å². The maximum atomic E-state index is 4.55. The van der Waals surface area contributed by atoms with E-state index in [0.29, 0.717) is 0 Å². The Hall–Kier alpha value is -1.42. The summed E-state index contributed by atoms with van der Waals surface area (Å²) in [7, 11) is 0. The minimum atomic E-state index is 0.814. The predicted octanol–water partition coefficient (Wildman–Crippen LogP) is 3.25. The van der Waals surface area contributed by atoms with Crippen molar-refractivity contribution < 1.29 is 0 Å². The summed E-state index contributed by atoms with van der Waals surface area (Å²) in [6.07, 6.45) is 0. The molecule has 2 aromatic rings. The Balaban J connectivity index is 2.48. The number of hydrogen-bond acceptors (Lipinski definition) is 4. The van der Waals surface area contributed by atoms with Gasteiger partial charge < -0.3 is 5.32 Å². The lowest BCUT2D eigenvalue weighted by atomic mass is 10.2. The number of rotatable bonds is 3. The van der Waals surface area contributed by atoms with E-state index in [0.717, 1.165) is 34.3 Å². The van der Waals surface area contributed by atoms with E-state index in [-0.39, 0.29) is 0 Å². The number of nitrogens with one attached hydrogen (secondary N) is 1. The van der Waals surface area contributed by atoms with Gasteiger partial charge in [-0.05, 0) is 32.2 Å². The average Bonchev–Trinajstić information content (AvgIpc) is 2.78. The van der Waals surface area contributed by atoms with Crippen molar-refractivity contribution in [3.8, 4) is 10.7 Å². The van der Waals surface area contributed by atoms with Gasteiger partial charge in [0.15, 0.2) is 5.82 Å². The Kier molecular flexibility index (Phi) is 3.19. The van der Waals surface area contributed by atoms with E-state index in [1.54, 1.807) is 11.3 Å². The van der Waals surface area contributed by atoms with Crippen LogP contribution in [0.1, 0.15) is 18.2 Å². The van der Waals surface area contributed by atoms with Crippen molar-refractivity contribution in [3.05, 3.63) is 28.8 Å². The van der Waals surface area contributed by atoms with Crippen LogP contribution < -0.4 is 5.32 Å². The molecule has 0 bridgehead atoms. The molecule has 0 aliphatic heterocycles. The first-order chi connectivity index (χ1) is 7.72. The highest BCUT2D eigenvalue weighted by molar-refractivity contribution is 7.13. The second kappa shape index (κ2) is 4.61. The monoisotopic (exact) mass is 233 g/mol. The highest BCUT2D eigenvalue weighted by atomic mass is 32.1. The summed E-state index contributed by atoms with van der Waals surface area (Å²) in [5.74, 6) is 1.76. The first kappa shape index (κ1) is 11.1. The number of aromatic nitrogens is 2. The zero-order valence-electron chi connectivity index (χ0n) is 9.74. The molecule has 0 aliphatic carbocycles. The Morgan fingerprint density at radius 1 is 1.31 bits per heavy atom. The van der Waals surface area contributed by atoms with Crippen LogP contribution in [0, 0.1) is 13.8 Å². The van der Waals surface area contributed by atoms with Gasteiger partial charge in [0, 0.05) is 17.8 Å². The van der Waals surface area contributed by atoms with E-state index in [1.165, 1.54) is 0 Å². The summed E-state index contributed by atoms with van der Waals surface area (Å²) in [6, 6.07) is 4.07. The van der Waals surface area contributed by atoms with Crippen molar-refractivity contribution in [2.45, 2.75) is 20.8 Å². The van der Waals surface area contributed by atoms with Gasteiger partial charge in [0.05, 0.1) is 4.88 Å². The molecule has 0 aliphatic rings. The Bertz CT molecular complexity index is 477. The number of hydrogen-bond donors (Lipinski definition) is 1. The highest BCUT2D eigenvalue weighted by Gasteiger charge is 2.09. The lowest BCUT2D eigenvalue weighted by Gasteiger charge is -2.10. The Morgan fingerprint density at radius 3 is 2.75 bits per heavy atom. The van der Waals surface area contributed by atoms with Gasteiger partial charge >= 0.3 is 0 Å². The van der Waals surface area contributed by atoms with Gasteiger partial charge in [-0.1, -0.05) is 6.07 Å². The smallest absolute Gasteiger partial charge is 0.171 e. The van der Waals surface area contributed by atoms with Crippen LogP contribution in [0.4, 0.5) is 5.82 Å². The molecule has 3 nitrogen and oxygen atoms in total. The first-order valence-electron chi connectivity index (χ1n) is 5.35. The summed E-state index contributed by atoms with van der Waals surface area (Å²) in [4.78, 5) is 10.2. The normalized spacial score (nSPS) is 10.4. The maximum absolute atomic E-state index is 4.55. The van der Waals surface area contributed by atoms with E-state index < -0.39 is 0 Å². The molecule has 0 atom stereocenters. The Labute approximate surface area is 99.6 Å². The van der Waals surface area contributed by atoms with Crippen LogP contribution >= 0.6 is 11.3 Å². The number of aryl methyl sites for hydroxylation is 1. The third-order valence-electron chi connectivity index (χ3n) is 2.48. The molecule has 0 spiro atoms. The average molecular weight is 233 g/mol. The summed E-state index contributed by atoms with van der Waals surface area (Å²) >= 11 is 1.66. The fourth-order valence-corrected chi connectivity index (χ4v) is 2.14. The summed E-state index contributed by atoms with van der Waals surface area (Å²) < 4.78 is 0. The predicted molar refractivity (Wildman–Crippen MR) is 69.0 cm³/mol. The quantitative estimate of drug-likeness (QED) is 0.884. The zero-order chi connectivity index (χ0) is 11.5. The van der Waals surface area contributed by atoms with Crippen LogP contribution in [0.3, 0.4) is 0 Å². The zero-order valence-corrected chi connectivity index (χ0v) is 10.6. The summed E-state index contributed by atoms with van der Waals surface area (Å²) in [5.41, 5.74) is 2.16. The van der Waals surface area contributed by atoms with Crippen molar-refractivity contribution in [1.29, 1.82) is 0 Å². The molecular weight excluding hydrogens is 218 g/mol. The topological polar surface area (TPSA) is 37.8 Å². The number of anilines is 1. The van der Waals surface area contributed by atoms with Crippen molar-refractivity contribution in [2.24, 2.45) is 0 Å². The summed E-state index contributed by atoms with van der Waals surface area (Å²) in [6.45, 7) is 7.02. The van der Waals surface area contributed by atoms with Crippen LogP contribution in [-0.2, 0) is 0 Å². The molecule has 0 fully saturated rings. The molecule has 16 heavy (non-hydrogen) atoms. The van der Waals surface area contributed by atoms with Crippen LogP contribution in [0.2, 0.25) is 0 Å². The highest BCUT2D eigenvalue weighted by Crippen LogP contribution is 2.24. The van der Waals surface area contributed by atoms with Crippen molar-refractivity contribution in [1.82, 2.24) is 9.97 Å². The molecular formula is C12H15N3S. The van der Waals surface area contributed by atoms with Crippen LogP contribution in [0.5, 0.6) is 0 Å². The molecule has 0 amide bonds. The Morgan fingerprint density at radius 2 is 2.12 bits per heavy atom. The second-order valence-corrected chi connectivity index (χ2v) is 4.56. The second-order valence-electron chi connectivity index (χ2n) is 3.61. The maximum Gasteiger partial charge on any atom is 0.171 e. The third kappa shape index (κ3) is 2.07. The van der Waals surface area contributed by atoms with Crippen molar-refractivity contribution >= 4 is 17.2 Å². The SMILES string of the molecule is CCNc1nc(-c2cccs2)nc(C)c1C. The first-order valence-corrected chi connectivity index (χ1v) is 6.23. The van der Waals surface area contributed by atoms with Gasteiger partial charge in [0.1, 0.15) is 5.82 Å². The third-order valence-corrected chi connectivity index (χ3v) is 3.34.